The number of rotatable bonds is 4. The van der Waals surface area contributed by atoms with Crippen LogP contribution in [-0.4, -0.2) is 27.2 Å². The lowest BCUT2D eigenvalue weighted by molar-refractivity contribution is -0.119. The summed E-state index contributed by atoms with van der Waals surface area (Å²) in [6.07, 6.45) is 5.94. The maximum absolute atomic E-state index is 13.2. The van der Waals surface area contributed by atoms with Crippen LogP contribution in [-0.2, 0) is 17.6 Å². The Morgan fingerprint density at radius 2 is 2.03 bits per heavy atom. The van der Waals surface area contributed by atoms with Gasteiger partial charge in [0.25, 0.3) is 5.56 Å². The van der Waals surface area contributed by atoms with E-state index < -0.39 is 6.04 Å². The SMILES string of the molecule is CC[C@H](C(=O)Nc1ccc2c(c1)OCO2)n1cnc2nc3c(cc2c1=O)CCCC3. The number of pyridine rings is 1. The third-order valence-electron chi connectivity index (χ3n) is 5.72. The molecule has 1 aliphatic heterocycles. The zero-order valence-corrected chi connectivity index (χ0v) is 16.7. The minimum Gasteiger partial charge on any atom is -0.454 e. The highest BCUT2D eigenvalue weighted by molar-refractivity contribution is 5.94. The molecule has 8 heteroatoms. The van der Waals surface area contributed by atoms with Crippen LogP contribution in [0.2, 0.25) is 0 Å². The molecule has 1 atom stereocenters. The quantitative estimate of drug-likeness (QED) is 0.716. The first-order valence-corrected chi connectivity index (χ1v) is 10.2. The van der Waals surface area contributed by atoms with Crippen LogP contribution < -0.4 is 20.3 Å². The minimum atomic E-state index is -0.684. The number of benzene rings is 1. The molecule has 3 aromatic rings. The molecule has 0 radical (unpaired) electrons. The van der Waals surface area contributed by atoms with Crippen molar-refractivity contribution in [1.29, 1.82) is 0 Å². The number of fused-ring (bicyclic) bond motifs is 3. The van der Waals surface area contributed by atoms with Gasteiger partial charge in [0, 0.05) is 17.4 Å². The normalized spacial score (nSPS) is 15.6. The Kier molecular flexibility index (Phi) is 4.61. The van der Waals surface area contributed by atoms with Crippen LogP contribution in [0.25, 0.3) is 11.0 Å². The maximum Gasteiger partial charge on any atom is 0.263 e. The molecule has 3 heterocycles. The number of carbonyl (C=O) groups excluding carboxylic acids is 1. The lowest BCUT2D eigenvalue weighted by Crippen LogP contribution is -2.33. The van der Waals surface area contributed by atoms with Crippen LogP contribution in [0.5, 0.6) is 11.5 Å². The monoisotopic (exact) mass is 406 g/mol. The number of aryl methyl sites for hydroxylation is 2. The molecule has 8 nitrogen and oxygen atoms in total. The number of carbonyl (C=O) groups is 1. The second-order valence-electron chi connectivity index (χ2n) is 7.61. The minimum absolute atomic E-state index is 0.167. The predicted octanol–water partition coefficient (Wildman–Crippen LogP) is 2.99. The van der Waals surface area contributed by atoms with Gasteiger partial charge in [0.15, 0.2) is 17.1 Å². The molecule has 0 bridgehead atoms. The predicted molar refractivity (Wildman–Crippen MR) is 111 cm³/mol. The molecule has 5 rings (SSSR count). The average molecular weight is 406 g/mol. The number of ether oxygens (including phenoxy) is 2. The summed E-state index contributed by atoms with van der Waals surface area (Å²) < 4.78 is 12.1. The van der Waals surface area contributed by atoms with Crippen molar-refractivity contribution in [1.82, 2.24) is 14.5 Å². The zero-order valence-electron chi connectivity index (χ0n) is 16.7. The fraction of sp³-hybridized carbons (Fsp3) is 0.364. The van der Waals surface area contributed by atoms with Crippen LogP contribution in [0.15, 0.2) is 35.4 Å². The summed E-state index contributed by atoms with van der Waals surface area (Å²) in [5, 5.41) is 3.33. The molecule has 0 saturated carbocycles. The number of aromatic nitrogens is 3. The molecule has 30 heavy (non-hydrogen) atoms. The second kappa shape index (κ2) is 7.44. The van der Waals surface area contributed by atoms with Crippen molar-refractivity contribution < 1.29 is 14.3 Å². The lowest BCUT2D eigenvalue weighted by Gasteiger charge is -2.19. The van der Waals surface area contributed by atoms with Crippen LogP contribution in [0.4, 0.5) is 5.69 Å². The first kappa shape index (κ1) is 18.6. The number of nitrogens with zero attached hydrogens (tertiary/aromatic N) is 3. The van der Waals surface area contributed by atoms with Gasteiger partial charge in [0.05, 0.1) is 5.39 Å². The summed E-state index contributed by atoms with van der Waals surface area (Å²) in [5.74, 6) is 0.942. The third-order valence-corrected chi connectivity index (χ3v) is 5.72. The molecule has 0 unspecified atom stereocenters. The van der Waals surface area contributed by atoms with Gasteiger partial charge >= 0.3 is 0 Å². The van der Waals surface area contributed by atoms with E-state index in [1.54, 1.807) is 18.2 Å². The Morgan fingerprint density at radius 1 is 1.20 bits per heavy atom. The highest BCUT2D eigenvalue weighted by Gasteiger charge is 2.23. The Bertz CT molecular complexity index is 1200. The van der Waals surface area contributed by atoms with E-state index in [0.717, 1.165) is 36.9 Å². The van der Waals surface area contributed by atoms with Crippen molar-refractivity contribution in [2.75, 3.05) is 12.1 Å². The Hall–Kier alpha value is -3.42. The molecule has 2 aliphatic rings. The van der Waals surface area contributed by atoms with Gasteiger partial charge in [0.1, 0.15) is 12.4 Å². The van der Waals surface area contributed by atoms with Gasteiger partial charge in [-0.2, -0.15) is 0 Å². The van der Waals surface area contributed by atoms with E-state index in [4.69, 9.17) is 9.47 Å². The van der Waals surface area contributed by atoms with Gasteiger partial charge in [-0.1, -0.05) is 6.92 Å². The van der Waals surface area contributed by atoms with Crippen molar-refractivity contribution in [2.24, 2.45) is 0 Å². The number of hydrogen-bond donors (Lipinski definition) is 1. The molecular weight excluding hydrogens is 384 g/mol. The Balaban J connectivity index is 1.47. The molecule has 154 valence electrons. The fourth-order valence-corrected chi connectivity index (χ4v) is 4.12. The highest BCUT2D eigenvalue weighted by atomic mass is 16.7. The summed E-state index contributed by atoms with van der Waals surface area (Å²) >= 11 is 0. The van der Waals surface area contributed by atoms with Crippen LogP contribution in [0, 0.1) is 0 Å². The van der Waals surface area contributed by atoms with Crippen molar-refractivity contribution in [2.45, 2.75) is 45.1 Å². The lowest BCUT2D eigenvalue weighted by atomic mass is 9.95. The van der Waals surface area contributed by atoms with Gasteiger partial charge in [-0.15, -0.1) is 0 Å². The van der Waals surface area contributed by atoms with Gasteiger partial charge in [-0.25, -0.2) is 9.97 Å². The Labute approximate surface area is 172 Å². The molecule has 0 spiro atoms. The van der Waals surface area contributed by atoms with Gasteiger partial charge in [0.2, 0.25) is 12.7 Å². The van der Waals surface area contributed by atoms with Gasteiger partial charge < -0.3 is 14.8 Å². The zero-order chi connectivity index (χ0) is 20.7. The van der Waals surface area contributed by atoms with E-state index in [2.05, 4.69) is 15.3 Å². The van der Waals surface area contributed by atoms with Crippen LogP contribution >= 0.6 is 0 Å². The maximum atomic E-state index is 13.2. The standard InChI is InChI=1S/C22H22N4O4/c1-2-17(21(27)24-14-7-8-18-19(10-14)30-12-29-18)26-11-23-20-15(22(26)28)9-13-5-3-4-6-16(13)25-20/h7-11,17H,2-6,12H2,1H3,(H,24,27)/t17-/m1/s1. The summed E-state index contributed by atoms with van der Waals surface area (Å²) in [6.45, 7) is 2.03. The van der Waals surface area contributed by atoms with E-state index in [1.807, 2.05) is 13.0 Å². The first-order valence-electron chi connectivity index (χ1n) is 10.2. The smallest absolute Gasteiger partial charge is 0.263 e. The van der Waals surface area contributed by atoms with Crippen molar-refractivity contribution in [3.05, 3.63) is 52.2 Å². The summed E-state index contributed by atoms with van der Waals surface area (Å²) in [7, 11) is 0. The molecule has 0 saturated heterocycles. The van der Waals surface area contributed by atoms with E-state index >= 15 is 0 Å². The fourth-order valence-electron chi connectivity index (χ4n) is 4.12. The summed E-state index contributed by atoms with van der Waals surface area (Å²) in [4.78, 5) is 35.2. The second-order valence-corrected chi connectivity index (χ2v) is 7.61. The summed E-state index contributed by atoms with van der Waals surface area (Å²) in [6, 6.07) is 6.43. The van der Waals surface area contributed by atoms with Crippen LogP contribution in [0.3, 0.4) is 0 Å². The molecule has 1 aromatic carbocycles. The highest BCUT2D eigenvalue weighted by Crippen LogP contribution is 2.34. The first-order chi connectivity index (χ1) is 14.6. The number of amides is 1. The molecule has 1 N–H and O–H groups in total. The average Bonchev–Trinajstić information content (AvgIpc) is 3.23. The molecular formula is C22H22N4O4. The van der Waals surface area contributed by atoms with E-state index in [-0.39, 0.29) is 18.3 Å². The molecule has 1 aliphatic carbocycles. The van der Waals surface area contributed by atoms with Crippen molar-refractivity contribution in [3.8, 4) is 11.5 Å². The third kappa shape index (κ3) is 3.18. The largest absolute Gasteiger partial charge is 0.454 e. The van der Waals surface area contributed by atoms with Crippen molar-refractivity contribution >= 4 is 22.6 Å². The molecule has 2 aromatic heterocycles. The van der Waals surface area contributed by atoms with Crippen molar-refractivity contribution in [3.63, 3.8) is 0 Å². The number of hydrogen-bond acceptors (Lipinski definition) is 6. The number of nitrogens with one attached hydrogen (secondary N) is 1. The molecule has 1 amide bonds. The van der Waals surface area contributed by atoms with E-state index in [9.17, 15) is 9.59 Å². The van der Waals surface area contributed by atoms with E-state index in [0.29, 0.717) is 34.6 Å². The molecule has 0 fully saturated rings. The number of anilines is 1. The Morgan fingerprint density at radius 3 is 2.90 bits per heavy atom. The van der Waals surface area contributed by atoms with Gasteiger partial charge in [-0.3, -0.25) is 14.2 Å². The van der Waals surface area contributed by atoms with Gasteiger partial charge in [-0.05, 0) is 55.9 Å². The van der Waals surface area contributed by atoms with Crippen LogP contribution in [0.1, 0.15) is 43.5 Å². The van der Waals surface area contributed by atoms with E-state index in [1.165, 1.54) is 10.9 Å². The summed E-state index contributed by atoms with van der Waals surface area (Å²) in [5.41, 5.74) is 2.94. The topological polar surface area (TPSA) is 95.3 Å².